The molecule has 0 saturated carbocycles. The third-order valence-corrected chi connectivity index (χ3v) is 4.58. The molecule has 1 atom stereocenters. The molecule has 1 unspecified atom stereocenters. The molecule has 0 radical (unpaired) electrons. The smallest absolute Gasteiger partial charge is 0.217 e. The van der Waals surface area contributed by atoms with Crippen LogP contribution in [-0.2, 0) is 17.6 Å². The monoisotopic (exact) mass is 293 g/mol. The Labute approximate surface area is 119 Å². The molecule has 0 spiro atoms. The van der Waals surface area contributed by atoms with Crippen LogP contribution < -0.4 is 5.32 Å². The Morgan fingerprint density at radius 2 is 2.21 bits per heavy atom. The molecule has 0 amide bonds. The van der Waals surface area contributed by atoms with E-state index in [1.54, 1.807) is 6.07 Å². The fraction of sp³-hybridized carbons (Fsp3) is 0.231. The van der Waals surface area contributed by atoms with Gasteiger partial charge in [-0.1, -0.05) is 17.7 Å². The van der Waals surface area contributed by atoms with E-state index in [4.69, 9.17) is 11.6 Å². The maximum Gasteiger partial charge on any atom is 0.217 e. The van der Waals surface area contributed by atoms with Crippen LogP contribution in [0.1, 0.15) is 11.5 Å². The summed E-state index contributed by atoms with van der Waals surface area (Å²) in [5.41, 5.74) is 1.71. The molecule has 1 aliphatic rings. The Morgan fingerprint density at radius 1 is 1.37 bits per heavy atom. The van der Waals surface area contributed by atoms with Gasteiger partial charge in [-0.05, 0) is 36.3 Å². The van der Waals surface area contributed by atoms with Crippen LogP contribution in [0.2, 0.25) is 5.02 Å². The van der Waals surface area contributed by atoms with Gasteiger partial charge in [0.25, 0.3) is 0 Å². The van der Waals surface area contributed by atoms with Gasteiger partial charge in [0.05, 0.1) is 0 Å². The maximum atomic E-state index is 12.0. The molecule has 6 heteroatoms. The summed E-state index contributed by atoms with van der Waals surface area (Å²) in [6.07, 6.45) is 0.746. The van der Waals surface area contributed by atoms with Crippen LogP contribution >= 0.6 is 11.6 Å². The molecule has 1 aliphatic heterocycles. The van der Waals surface area contributed by atoms with Crippen molar-refractivity contribution in [3.8, 4) is 0 Å². The minimum atomic E-state index is -1.02. The van der Waals surface area contributed by atoms with Crippen molar-refractivity contribution in [1.29, 1.82) is 0 Å². The number of fused-ring (bicyclic) bond motifs is 1. The van der Waals surface area contributed by atoms with Crippen LogP contribution in [0, 0.1) is 6.92 Å². The molecule has 0 aliphatic carbocycles. The molecular weight excluding hydrogens is 282 g/mol. The first kappa shape index (κ1) is 12.7. The van der Waals surface area contributed by atoms with Crippen molar-refractivity contribution >= 4 is 34.3 Å². The second kappa shape index (κ2) is 5.00. The van der Waals surface area contributed by atoms with E-state index < -0.39 is 11.2 Å². The predicted molar refractivity (Wildman–Crippen MR) is 76.5 cm³/mol. The summed E-state index contributed by atoms with van der Waals surface area (Å²) in [6.45, 7) is 1.84. The van der Waals surface area contributed by atoms with Crippen LogP contribution in [0.4, 0.5) is 11.5 Å². The van der Waals surface area contributed by atoms with Crippen molar-refractivity contribution in [2.24, 2.45) is 0 Å². The van der Waals surface area contributed by atoms with E-state index in [2.05, 4.69) is 15.3 Å². The quantitative estimate of drug-likeness (QED) is 0.865. The Kier molecular flexibility index (Phi) is 3.35. The zero-order valence-corrected chi connectivity index (χ0v) is 11.9. The molecule has 0 saturated heterocycles. The SMILES string of the molecule is Cc1nc2c(c(Nc3cccc(Cl)c3)n1)[S+]([O-])CC2. The first-order valence-electron chi connectivity index (χ1n) is 5.92. The zero-order valence-electron chi connectivity index (χ0n) is 10.3. The fourth-order valence-electron chi connectivity index (χ4n) is 2.11. The minimum absolute atomic E-state index is 0.623. The molecule has 1 aromatic heterocycles. The second-order valence-corrected chi connectivity index (χ2v) is 6.27. The van der Waals surface area contributed by atoms with Crippen molar-refractivity contribution in [2.45, 2.75) is 18.2 Å². The average Bonchev–Trinajstić information content (AvgIpc) is 2.71. The highest BCUT2D eigenvalue weighted by Crippen LogP contribution is 2.32. The molecule has 1 aromatic carbocycles. The molecule has 3 rings (SSSR count). The van der Waals surface area contributed by atoms with Crippen LogP contribution in [-0.4, -0.2) is 20.3 Å². The third-order valence-electron chi connectivity index (χ3n) is 2.89. The van der Waals surface area contributed by atoms with Gasteiger partial charge in [0.15, 0.2) is 5.82 Å². The first-order chi connectivity index (χ1) is 9.13. The van der Waals surface area contributed by atoms with Gasteiger partial charge in [-0.2, -0.15) is 0 Å². The van der Waals surface area contributed by atoms with E-state index in [1.165, 1.54) is 0 Å². The number of benzene rings is 1. The topological polar surface area (TPSA) is 60.9 Å². The number of hydrogen-bond donors (Lipinski definition) is 1. The van der Waals surface area contributed by atoms with E-state index in [9.17, 15) is 4.55 Å². The van der Waals surface area contributed by atoms with Crippen LogP contribution in [0.15, 0.2) is 29.2 Å². The Hall–Kier alpha value is -1.30. The van der Waals surface area contributed by atoms with Gasteiger partial charge in [-0.25, -0.2) is 9.97 Å². The van der Waals surface area contributed by atoms with Crippen molar-refractivity contribution in [3.05, 3.63) is 40.8 Å². The van der Waals surface area contributed by atoms with Gasteiger partial charge in [-0.15, -0.1) is 0 Å². The van der Waals surface area contributed by atoms with E-state index in [0.717, 1.165) is 22.7 Å². The van der Waals surface area contributed by atoms with E-state index in [-0.39, 0.29) is 0 Å². The van der Waals surface area contributed by atoms with Crippen molar-refractivity contribution < 1.29 is 4.55 Å². The van der Waals surface area contributed by atoms with Crippen LogP contribution in [0.25, 0.3) is 0 Å². The summed E-state index contributed by atoms with van der Waals surface area (Å²) >= 11 is 4.94. The van der Waals surface area contributed by atoms with Gasteiger partial charge in [0, 0.05) is 17.1 Å². The first-order valence-corrected chi connectivity index (χ1v) is 7.61. The molecular formula is C13H12ClN3OS. The van der Waals surface area contributed by atoms with Gasteiger partial charge in [0.1, 0.15) is 17.3 Å². The molecule has 2 aromatic rings. The maximum absolute atomic E-state index is 12.0. The lowest BCUT2D eigenvalue weighted by atomic mass is 10.3. The van der Waals surface area contributed by atoms with Gasteiger partial charge < -0.3 is 9.87 Å². The van der Waals surface area contributed by atoms with E-state index in [0.29, 0.717) is 22.4 Å². The fourth-order valence-corrected chi connectivity index (χ4v) is 3.60. The summed E-state index contributed by atoms with van der Waals surface area (Å²) in [6, 6.07) is 7.37. The summed E-state index contributed by atoms with van der Waals surface area (Å²) in [5.74, 6) is 1.93. The highest BCUT2D eigenvalue weighted by Gasteiger charge is 2.31. The van der Waals surface area contributed by atoms with E-state index >= 15 is 0 Å². The number of nitrogens with zero attached hydrogens (tertiary/aromatic N) is 2. The highest BCUT2D eigenvalue weighted by atomic mass is 35.5. The number of hydrogen-bond acceptors (Lipinski definition) is 4. The van der Waals surface area contributed by atoms with Gasteiger partial charge >= 0.3 is 0 Å². The van der Waals surface area contributed by atoms with E-state index in [1.807, 2.05) is 25.1 Å². The summed E-state index contributed by atoms with van der Waals surface area (Å²) < 4.78 is 12.0. The van der Waals surface area contributed by atoms with Gasteiger partial charge in [0.2, 0.25) is 4.90 Å². The summed E-state index contributed by atoms with van der Waals surface area (Å²) in [4.78, 5) is 9.44. The number of nitrogens with one attached hydrogen (secondary N) is 1. The molecule has 0 bridgehead atoms. The molecule has 0 fully saturated rings. The highest BCUT2D eigenvalue weighted by molar-refractivity contribution is 7.91. The van der Waals surface area contributed by atoms with Crippen LogP contribution in [0.5, 0.6) is 0 Å². The second-order valence-electron chi connectivity index (χ2n) is 4.33. The Morgan fingerprint density at radius 3 is 3.00 bits per heavy atom. The average molecular weight is 294 g/mol. The molecule has 98 valence electrons. The predicted octanol–water partition coefficient (Wildman–Crippen LogP) is 2.85. The standard InChI is InChI=1S/C13H12ClN3OS/c1-8-15-11-5-6-19(18)12(11)13(16-8)17-10-4-2-3-9(14)7-10/h2-4,7H,5-6H2,1H3,(H,15,16,17). The normalized spacial score (nSPS) is 17.3. The number of halogens is 1. The number of aryl methyl sites for hydroxylation is 2. The number of aromatic nitrogens is 2. The Balaban J connectivity index is 2.01. The minimum Gasteiger partial charge on any atom is -0.611 e. The molecule has 1 N–H and O–H groups in total. The van der Waals surface area contributed by atoms with Crippen molar-refractivity contribution in [3.63, 3.8) is 0 Å². The Bertz CT molecular complexity index is 635. The molecule has 4 nitrogen and oxygen atoms in total. The van der Waals surface area contributed by atoms with Gasteiger partial charge in [-0.3, -0.25) is 0 Å². The lowest BCUT2D eigenvalue weighted by Gasteiger charge is -2.11. The number of anilines is 2. The summed E-state index contributed by atoms with van der Waals surface area (Å²) in [5, 5.41) is 3.83. The van der Waals surface area contributed by atoms with Crippen molar-refractivity contribution in [2.75, 3.05) is 11.1 Å². The number of rotatable bonds is 2. The lowest BCUT2D eigenvalue weighted by Crippen LogP contribution is -2.07. The lowest BCUT2D eigenvalue weighted by molar-refractivity contribution is 0.599. The zero-order chi connectivity index (χ0) is 13.4. The summed E-state index contributed by atoms with van der Waals surface area (Å²) in [7, 11) is 0. The van der Waals surface area contributed by atoms with Crippen LogP contribution in [0.3, 0.4) is 0 Å². The van der Waals surface area contributed by atoms with Crippen molar-refractivity contribution in [1.82, 2.24) is 9.97 Å². The molecule has 19 heavy (non-hydrogen) atoms. The molecule has 2 heterocycles. The largest absolute Gasteiger partial charge is 0.611 e. The third kappa shape index (κ3) is 2.54.